The van der Waals surface area contributed by atoms with E-state index in [1.807, 2.05) is 12.1 Å². The Balaban J connectivity index is 1.60. The van der Waals surface area contributed by atoms with E-state index in [-0.39, 0.29) is 24.9 Å². The summed E-state index contributed by atoms with van der Waals surface area (Å²) in [4.78, 5) is 36.4. The molecule has 1 heterocycles. The van der Waals surface area contributed by atoms with E-state index < -0.39 is 18.0 Å². The maximum Gasteiger partial charge on any atom is 0.414 e. The fraction of sp³-hybridized carbons (Fsp3) is 0.375. The minimum absolute atomic E-state index is 0.0195. The molecule has 8 nitrogen and oxygen atoms in total. The molecule has 176 valence electrons. The molecule has 1 aliphatic heterocycles. The molecule has 2 aromatic carbocycles. The third kappa shape index (κ3) is 6.76. The molecule has 4 N–H and O–H groups in total. The zero-order valence-electron chi connectivity index (χ0n) is 18.6. The van der Waals surface area contributed by atoms with Gasteiger partial charge in [-0.2, -0.15) is 0 Å². The van der Waals surface area contributed by atoms with Crippen LogP contribution in [0.25, 0.3) is 11.1 Å². The Morgan fingerprint density at radius 1 is 1.15 bits per heavy atom. The summed E-state index contributed by atoms with van der Waals surface area (Å²) >= 11 is 0. The summed E-state index contributed by atoms with van der Waals surface area (Å²) in [5, 5.41) is 5.47. The number of halogens is 1. The van der Waals surface area contributed by atoms with E-state index >= 15 is 0 Å². The number of nitrogens with two attached hydrogens (primary N) is 1. The molecule has 0 aliphatic carbocycles. The second-order valence-corrected chi connectivity index (χ2v) is 7.94. The number of hydrogen-bond donors (Lipinski definition) is 3. The predicted octanol–water partition coefficient (Wildman–Crippen LogP) is 2.70. The normalized spacial score (nSPS) is 15.3. The summed E-state index contributed by atoms with van der Waals surface area (Å²) in [5.74, 6) is -0.698. The monoisotopic (exact) mass is 456 g/mol. The summed E-state index contributed by atoms with van der Waals surface area (Å²) in [7, 11) is 0. The topological polar surface area (TPSA) is 114 Å². The van der Waals surface area contributed by atoms with Crippen LogP contribution in [0.4, 0.5) is 14.9 Å². The van der Waals surface area contributed by atoms with Crippen LogP contribution in [0.15, 0.2) is 42.5 Å². The zero-order valence-corrected chi connectivity index (χ0v) is 18.6. The highest BCUT2D eigenvalue weighted by Crippen LogP contribution is 2.29. The van der Waals surface area contributed by atoms with Gasteiger partial charge < -0.3 is 21.1 Å². The molecule has 2 aromatic rings. The Morgan fingerprint density at radius 3 is 2.58 bits per heavy atom. The van der Waals surface area contributed by atoms with Crippen molar-refractivity contribution in [2.24, 2.45) is 5.73 Å². The van der Waals surface area contributed by atoms with Crippen LogP contribution in [0.5, 0.6) is 0 Å². The molecular weight excluding hydrogens is 427 g/mol. The molecule has 1 atom stereocenters. The fourth-order valence-electron chi connectivity index (χ4n) is 3.52. The first kappa shape index (κ1) is 24.2. The van der Waals surface area contributed by atoms with E-state index in [0.29, 0.717) is 36.3 Å². The van der Waals surface area contributed by atoms with Crippen molar-refractivity contribution in [1.29, 1.82) is 0 Å². The van der Waals surface area contributed by atoms with E-state index in [9.17, 15) is 18.8 Å². The van der Waals surface area contributed by atoms with Gasteiger partial charge in [-0.1, -0.05) is 24.3 Å². The summed E-state index contributed by atoms with van der Waals surface area (Å²) < 4.78 is 20.1. The van der Waals surface area contributed by atoms with Crippen LogP contribution >= 0.6 is 0 Å². The van der Waals surface area contributed by atoms with Gasteiger partial charge in [0.15, 0.2) is 0 Å². The number of cyclic esters (lactones) is 1. The molecule has 1 unspecified atom stereocenters. The maximum absolute atomic E-state index is 14.9. The number of ether oxygens (including phenoxy) is 1. The number of nitrogens with one attached hydrogen (secondary N) is 2. The number of benzene rings is 2. The van der Waals surface area contributed by atoms with Crippen molar-refractivity contribution in [1.82, 2.24) is 10.6 Å². The molecule has 1 fully saturated rings. The Hall–Kier alpha value is -3.46. The molecular formula is C24H29FN4O4. The van der Waals surface area contributed by atoms with Gasteiger partial charge in [-0.15, -0.1) is 0 Å². The molecule has 0 bridgehead atoms. The number of rotatable bonds is 10. The van der Waals surface area contributed by atoms with Gasteiger partial charge in [0.05, 0.1) is 18.8 Å². The van der Waals surface area contributed by atoms with Crippen LogP contribution in [0.1, 0.15) is 31.7 Å². The molecule has 1 saturated heterocycles. The summed E-state index contributed by atoms with van der Waals surface area (Å²) in [5.41, 5.74) is 7.82. The van der Waals surface area contributed by atoms with Gasteiger partial charge in [0.2, 0.25) is 11.8 Å². The van der Waals surface area contributed by atoms with Gasteiger partial charge in [-0.05, 0) is 48.7 Å². The van der Waals surface area contributed by atoms with Gasteiger partial charge in [-0.25, -0.2) is 9.18 Å². The number of carbonyl (C=O) groups excluding carboxylic acids is 3. The lowest BCUT2D eigenvalue weighted by atomic mass is 10.0. The molecule has 9 heteroatoms. The Morgan fingerprint density at radius 2 is 1.91 bits per heavy atom. The van der Waals surface area contributed by atoms with Crippen LogP contribution in [0, 0.1) is 5.82 Å². The number of carbonyl (C=O) groups is 3. The van der Waals surface area contributed by atoms with Gasteiger partial charge in [-0.3, -0.25) is 14.5 Å². The van der Waals surface area contributed by atoms with Crippen LogP contribution in [0.3, 0.4) is 0 Å². The van der Waals surface area contributed by atoms with Crippen LogP contribution in [-0.4, -0.2) is 43.6 Å². The van der Waals surface area contributed by atoms with E-state index in [4.69, 9.17) is 10.5 Å². The lowest BCUT2D eigenvalue weighted by Gasteiger charge is -2.15. The lowest BCUT2D eigenvalue weighted by Crippen LogP contribution is -2.33. The van der Waals surface area contributed by atoms with Crippen molar-refractivity contribution >= 4 is 23.6 Å². The smallest absolute Gasteiger partial charge is 0.414 e. The third-order valence-electron chi connectivity index (χ3n) is 5.33. The van der Waals surface area contributed by atoms with Crippen molar-refractivity contribution < 1.29 is 23.5 Å². The predicted molar refractivity (Wildman–Crippen MR) is 123 cm³/mol. The van der Waals surface area contributed by atoms with Gasteiger partial charge in [0.1, 0.15) is 11.9 Å². The van der Waals surface area contributed by atoms with E-state index in [1.54, 1.807) is 24.3 Å². The average Bonchev–Trinajstić information content (AvgIpc) is 3.17. The number of hydrogen-bond acceptors (Lipinski definition) is 5. The number of amides is 3. The van der Waals surface area contributed by atoms with Crippen molar-refractivity contribution in [3.05, 3.63) is 53.8 Å². The van der Waals surface area contributed by atoms with Crippen molar-refractivity contribution in [2.45, 2.75) is 38.8 Å². The van der Waals surface area contributed by atoms with Crippen molar-refractivity contribution in [2.75, 3.05) is 24.5 Å². The molecule has 0 spiro atoms. The molecule has 0 radical (unpaired) electrons. The highest BCUT2D eigenvalue weighted by atomic mass is 19.1. The van der Waals surface area contributed by atoms with Crippen molar-refractivity contribution in [3.8, 4) is 11.1 Å². The zero-order chi connectivity index (χ0) is 23.8. The Labute approximate surface area is 192 Å². The third-order valence-corrected chi connectivity index (χ3v) is 5.33. The fourth-order valence-corrected chi connectivity index (χ4v) is 3.52. The quantitative estimate of drug-likeness (QED) is 0.476. The van der Waals surface area contributed by atoms with Crippen LogP contribution < -0.4 is 21.3 Å². The van der Waals surface area contributed by atoms with Crippen LogP contribution in [-0.2, 0) is 20.9 Å². The van der Waals surface area contributed by atoms with E-state index in [0.717, 1.165) is 18.4 Å². The van der Waals surface area contributed by atoms with Crippen LogP contribution in [0.2, 0.25) is 0 Å². The highest BCUT2D eigenvalue weighted by Gasteiger charge is 2.32. The van der Waals surface area contributed by atoms with Gasteiger partial charge in [0, 0.05) is 25.5 Å². The van der Waals surface area contributed by atoms with E-state index in [2.05, 4.69) is 10.6 Å². The minimum atomic E-state index is -0.577. The molecule has 3 rings (SSSR count). The molecule has 0 saturated carbocycles. The first-order valence-electron chi connectivity index (χ1n) is 11.0. The minimum Gasteiger partial charge on any atom is -0.442 e. The molecule has 0 aromatic heterocycles. The van der Waals surface area contributed by atoms with Gasteiger partial charge in [0.25, 0.3) is 0 Å². The van der Waals surface area contributed by atoms with Gasteiger partial charge >= 0.3 is 6.09 Å². The largest absolute Gasteiger partial charge is 0.442 e. The Kier molecular flexibility index (Phi) is 8.37. The average molecular weight is 457 g/mol. The Bertz CT molecular complexity index is 996. The SMILES string of the molecule is CC(=O)NCC1CN(c2ccc(-c3ccc(CNC(=O)CCCCN)cc3)c(F)c2)C(=O)O1. The number of unbranched alkanes of at least 4 members (excludes halogenated alkanes) is 1. The second kappa shape index (κ2) is 11.4. The highest BCUT2D eigenvalue weighted by molar-refractivity contribution is 5.90. The number of nitrogens with zero attached hydrogens (tertiary/aromatic N) is 1. The first-order valence-corrected chi connectivity index (χ1v) is 11.0. The standard InChI is InChI=1S/C24H29FN4O4/c1-16(30)27-14-20-15-29(24(32)33-20)19-9-10-21(22(25)12-19)18-7-5-17(6-8-18)13-28-23(31)4-2-3-11-26/h5-10,12,20H,2-4,11,13-15,26H2,1H3,(H,27,30)(H,28,31). The molecule has 33 heavy (non-hydrogen) atoms. The number of anilines is 1. The first-order chi connectivity index (χ1) is 15.9. The van der Waals surface area contributed by atoms with E-state index in [1.165, 1.54) is 17.9 Å². The maximum atomic E-state index is 14.9. The molecule has 3 amide bonds. The van der Waals surface area contributed by atoms with Crippen molar-refractivity contribution in [3.63, 3.8) is 0 Å². The molecule has 1 aliphatic rings. The summed E-state index contributed by atoms with van der Waals surface area (Å²) in [6.07, 6.45) is 0.973. The lowest BCUT2D eigenvalue weighted by molar-refractivity contribution is -0.121. The second-order valence-electron chi connectivity index (χ2n) is 7.94. The summed E-state index contributed by atoms with van der Waals surface area (Å²) in [6, 6.07) is 11.8. The summed E-state index contributed by atoms with van der Waals surface area (Å²) in [6.45, 7) is 2.80.